The van der Waals surface area contributed by atoms with E-state index < -0.39 is 29.7 Å². The molecule has 47 heavy (non-hydrogen) atoms. The lowest BCUT2D eigenvalue weighted by molar-refractivity contribution is -0.185. The van der Waals surface area contributed by atoms with Crippen LogP contribution in [0.4, 0.5) is 0 Å². The first-order chi connectivity index (χ1) is 22.5. The predicted molar refractivity (Wildman–Crippen MR) is 178 cm³/mol. The Kier molecular flexibility index (Phi) is 8.05. The number of nitrogens with zero attached hydrogens (tertiary/aromatic N) is 1. The van der Waals surface area contributed by atoms with Crippen LogP contribution >= 0.6 is 0 Å². The molecule has 1 aromatic heterocycles. The van der Waals surface area contributed by atoms with Crippen molar-refractivity contribution >= 4 is 50.6 Å². The van der Waals surface area contributed by atoms with E-state index in [1.165, 1.54) is 34.3 Å². The Bertz CT molecular complexity index is 2160. The summed E-state index contributed by atoms with van der Waals surface area (Å²) >= 11 is 0. The van der Waals surface area contributed by atoms with Gasteiger partial charge in [0.2, 0.25) is 5.43 Å². The third-order valence-electron chi connectivity index (χ3n) is 8.49. The third kappa shape index (κ3) is 5.49. The lowest BCUT2D eigenvalue weighted by Crippen LogP contribution is -2.52. The molecule has 242 valence electrons. The molecule has 4 aromatic carbocycles. The maximum Gasteiger partial charge on any atom is 0.331 e. The van der Waals surface area contributed by atoms with Crippen molar-refractivity contribution in [3.63, 3.8) is 0 Å². The molecule has 0 saturated heterocycles. The van der Waals surface area contributed by atoms with Gasteiger partial charge in [0, 0.05) is 31.5 Å². The van der Waals surface area contributed by atoms with Gasteiger partial charge in [0.1, 0.15) is 17.1 Å². The summed E-state index contributed by atoms with van der Waals surface area (Å²) < 4.78 is 36.7. The molecule has 0 spiro atoms. The van der Waals surface area contributed by atoms with Crippen molar-refractivity contribution in [3.05, 3.63) is 88.1 Å². The highest BCUT2D eigenvalue weighted by atomic mass is 16.6. The molecule has 0 radical (unpaired) electrons. The standard InChI is InChI=1S/C37H35NO9/c1-20(39)45-35-32-29(47-37(2,3)36(35)46-30(40)15-13-21-12-14-26(42-5)27(16-21)43-6)19-28(44-7)31-33(32)38(4)25-18-23-11-9-8-10-22(23)17-24(25)34(31)41/h8-19,35-36H,1-7H3/t35-,36-/m1/s1. The van der Waals surface area contributed by atoms with Crippen LogP contribution in [0.1, 0.15) is 38.0 Å². The minimum Gasteiger partial charge on any atom is -0.496 e. The average molecular weight is 638 g/mol. The number of fused-ring (bicyclic) bond motifs is 5. The van der Waals surface area contributed by atoms with Crippen molar-refractivity contribution in [2.75, 3.05) is 21.3 Å². The largest absolute Gasteiger partial charge is 0.496 e. The van der Waals surface area contributed by atoms with Gasteiger partial charge in [0.05, 0.1) is 43.3 Å². The summed E-state index contributed by atoms with van der Waals surface area (Å²) in [4.78, 5) is 40.2. The fraction of sp³-hybridized carbons (Fsp3) is 0.270. The molecule has 0 saturated carbocycles. The number of aromatic nitrogens is 1. The van der Waals surface area contributed by atoms with Gasteiger partial charge < -0.3 is 33.0 Å². The summed E-state index contributed by atoms with van der Waals surface area (Å²) in [6, 6.07) is 18.4. The molecule has 6 rings (SSSR count). The number of methoxy groups -OCH3 is 3. The maximum atomic E-state index is 14.2. The van der Waals surface area contributed by atoms with Crippen LogP contribution in [0.3, 0.4) is 0 Å². The summed E-state index contributed by atoms with van der Waals surface area (Å²) in [5, 5.41) is 2.66. The van der Waals surface area contributed by atoms with Gasteiger partial charge in [-0.2, -0.15) is 0 Å². The molecular formula is C37H35NO9. The molecule has 0 N–H and O–H groups in total. The molecule has 0 aliphatic carbocycles. The Morgan fingerprint density at radius 3 is 2.21 bits per heavy atom. The second-order valence-corrected chi connectivity index (χ2v) is 11.9. The molecule has 10 nitrogen and oxygen atoms in total. The van der Waals surface area contributed by atoms with Gasteiger partial charge in [0.15, 0.2) is 23.7 Å². The highest BCUT2D eigenvalue weighted by Gasteiger charge is 2.50. The van der Waals surface area contributed by atoms with Gasteiger partial charge in [-0.1, -0.05) is 30.3 Å². The van der Waals surface area contributed by atoms with Crippen molar-refractivity contribution in [2.45, 2.75) is 38.6 Å². The van der Waals surface area contributed by atoms with Gasteiger partial charge in [-0.25, -0.2) is 4.79 Å². The van der Waals surface area contributed by atoms with Gasteiger partial charge in [0.25, 0.3) is 0 Å². The zero-order valence-electron chi connectivity index (χ0n) is 27.2. The van der Waals surface area contributed by atoms with E-state index in [0.717, 1.165) is 10.8 Å². The topological polar surface area (TPSA) is 112 Å². The minimum absolute atomic E-state index is 0.253. The zero-order valence-corrected chi connectivity index (χ0v) is 27.2. The highest BCUT2D eigenvalue weighted by Crippen LogP contribution is 2.49. The Morgan fingerprint density at radius 1 is 0.872 bits per heavy atom. The molecule has 10 heteroatoms. The van der Waals surface area contributed by atoms with Crippen molar-refractivity contribution in [3.8, 4) is 23.0 Å². The molecule has 0 fully saturated rings. The number of rotatable bonds is 7. The van der Waals surface area contributed by atoms with Crippen molar-refractivity contribution in [1.29, 1.82) is 0 Å². The first kappa shape index (κ1) is 31.5. The minimum atomic E-state index is -1.16. The van der Waals surface area contributed by atoms with Crippen LogP contribution in [0.5, 0.6) is 23.0 Å². The molecule has 5 aromatic rings. The molecule has 1 aliphatic heterocycles. The lowest BCUT2D eigenvalue weighted by atomic mass is 9.86. The van der Waals surface area contributed by atoms with E-state index in [1.807, 2.05) is 48.0 Å². The van der Waals surface area contributed by atoms with E-state index >= 15 is 0 Å². The molecule has 1 aliphatic rings. The number of pyridine rings is 1. The third-order valence-corrected chi connectivity index (χ3v) is 8.49. The van der Waals surface area contributed by atoms with E-state index in [4.69, 9.17) is 28.4 Å². The molecule has 2 heterocycles. The van der Waals surface area contributed by atoms with Gasteiger partial charge in [-0.15, -0.1) is 0 Å². The number of esters is 2. The van der Waals surface area contributed by atoms with Crippen LogP contribution in [0, 0.1) is 0 Å². The van der Waals surface area contributed by atoms with Crippen molar-refractivity contribution in [1.82, 2.24) is 4.57 Å². The molecule has 0 bridgehead atoms. The zero-order chi connectivity index (χ0) is 33.6. The smallest absolute Gasteiger partial charge is 0.331 e. The van der Waals surface area contributed by atoms with E-state index in [9.17, 15) is 14.4 Å². The normalized spacial score (nSPS) is 16.9. The number of hydrogen-bond acceptors (Lipinski definition) is 9. The summed E-state index contributed by atoms with van der Waals surface area (Å²) in [6.07, 6.45) is 0.635. The number of carbonyl (C=O) groups excluding carboxylic acids is 2. The fourth-order valence-electron chi connectivity index (χ4n) is 6.31. The van der Waals surface area contributed by atoms with Crippen LogP contribution in [0.15, 0.2) is 71.5 Å². The Balaban J connectivity index is 1.51. The SMILES string of the molecule is COc1ccc(C=CC(=O)O[C@@H]2[C@H](OC(C)=O)c3c(cc(OC)c4c(=O)c5cc6ccccc6cc5n(C)c34)OC2(C)C)cc1OC. The van der Waals surface area contributed by atoms with E-state index in [0.29, 0.717) is 50.5 Å². The van der Waals surface area contributed by atoms with Crippen LogP contribution in [0.25, 0.3) is 38.7 Å². The summed E-state index contributed by atoms with van der Waals surface area (Å²) in [6.45, 7) is 4.76. The van der Waals surface area contributed by atoms with Crippen LogP contribution in [-0.4, -0.2) is 49.5 Å². The lowest BCUT2D eigenvalue weighted by Gasteiger charge is -2.43. The number of hydrogen-bond donors (Lipinski definition) is 0. The second kappa shape index (κ2) is 12.0. The van der Waals surface area contributed by atoms with Crippen molar-refractivity contribution < 1.29 is 38.0 Å². The quantitative estimate of drug-likeness (QED) is 0.116. The van der Waals surface area contributed by atoms with Crippen LogP contribution in [-0.2, 0) is 26.1 Å². The second-order valence-electron chi connectivity index (χ2n) is 11.9. The van der Waals surface area contributed by atoms with E-state index in [2.05, 4.69) is 0 Å². The first-order valence-electron chi connectivity index (χ1n) is 15.0. The number of carbonyl (C=O) groups is 2. The highest BCUT2D eigenvalue weighted by molar-refractivity contribution is 6.04. The van der Waals surface area contributed by atoms with Crippen molar-refractivity contribution in [2.24, 2.45) is 7.05 Å². The van der Waals surface area contributed by atoms with Gasteiger partial charge in [-0.05, 0) is 60.5 Å². The molecule has 0 amide bonds. The average Bonchev–Trinajstić information content (AvgIpc) is 3.05. The summed E-state index contributed by atoms with van der Waals surface area (Å²) in [5.41, 5.74) is 0.756. The van der Waals surface area contributed by atoms with Crippen LogP contribution in [0.2, 0.25) is 0 Å². The maximum absolute atomic E-state index is 14.2. The number of benzene rings is 4. The van der Waals surface area contributed by atoms with E-state index in [1.54, 1.807) is 44.2 Å². The molecular weight excluding hydrogens is 602 g/mol. The molecule has 2 atom stereocenters. The van der Waals surface area contributed by atoms with Gasteiger partial charge in [-0.3, -0.25) is 9.59 Å². The molecule has 0 unspecified atom stereocenters. The fourth-order valence-corrected chi connectivity index (χ4v) is 6.31. The summed E-state index contributed by atoms with van der Waals surface area (Å²) in [5.74, 6) is 0.418. The Hall–Kier alpha value is -5.51. The summed E-state index contributed by atoms with van der Waals surface area (Å²) in [7, 11) is 6.38. The van der Waals surface area contributed by atoms with Gasteiger partial charge >= 0.3 is 11.9 Å². The predicted octanol–water partition coefficient (Wildman–Crippen LogP) is 6.27. The Morgan fingerprint density at radius 2 is 1.55 bits per heavy atom. The Labute approximate surface area is 271 Å². The number of ether oxygens (including phenoxy) is 6. The number of aryl methyl sites for hydroxylation is 1. The van der Waals surface area contributed by atoms with Crippen LogP contribution < -0.4 is 24.4 Å². The van der Waals surface area contributed by atoms with E-state index in [-0.39, 0.29) is 10.8 Å². The first-order valence-corrected chi connectivity index (χ1v) is 15.0. The monoisotopic (exact) mass is 637 g/mol.